The first-order valence-electron chi connectivity index (χ1n) is 10.9. The van der Waals surface area contributed by atoms with E-state index < -0.39 is 11.6 Å². The molecule has 4 rings (SSSR count). The minimum Gasteiger partial charge on any atom is -0.493 e. The van der Waals surface area contributed by atoms with Crippen molar-refractivity contribution in [3.8, 4) is 28.6 Å². The van der Waals surface area contributed by atoms with E-state index in [2.05, 4.69) is 35.7 Å². The number of nitrogens with zero attached hydrogens (tertiary/aromatic N) is 3. The van der Waals surface area contributed by atoms with E-state index in [-0.39, 0.29) is 28.1 Å². The first kappa shape index (κ1) is 23.0. The first-order chi connectivity index (χ1) is 16.1. The monoisotopic (exact) mass is 461 g/mol. The summed E-state index contributed by atoms with van der Waals surface area (Å²) in [6, 6.07) is 12.8. The maximum absolute atomic E-state index is 12.9. The van der Waals surface area contributed by atoms with Gasteiger partial charge in [0.25, 0.3) is 5.91 Å². The lowest BCUT2D eigenvalue weighted by atomic mass is 9.87. The van der Waals surface area contributed by atoms with Crippen molar-refractivity contribution in [1.29, 1.82) is 0 Å². The average molecular weight is 462 g/mol. The van der Waals surface area contributed by atoms with Crippen LogP contribution >= 0.6 is 0 Å². The molecule has 0 spiro atoms. The molecule has 0 unspecified atom stereocenters. The number of methoxy groups -OCH3 is 1. The molecule has 2 aromatic carbocycles. The van der Waals surface area contributed by atoms with Gasteiger partial charge in [0.2, 0.25) is 0 Å². The van der Waals surface area contributed by atoms with Crippen molar-refractivity contribution in [3.63, 3.8) is 0 Å². The molecular formula is C25H27N5O4. The van der Waals surface area contributed by atoms with E-state index >= 15 is 0 Å². The highest BCUT2D eigenvalue weighted by molar-refractivity contribution is 6.02. The number of H-pyrrole nitrogens is 1. The molecule has 9 heteroatoms. The van der Waals surface area contributed by atoms with Crippen LogP contribution < -0.4 is 20.9 Å². The molecule has 3 N–H and O–H groups in total. The number of imidazole rings is 1. The van der Waals surface area contributed by atoms with Crippen LogP contribution in [0.25, 0.3) is 28.2 Å². The maximum Gasteiger partial charge on any atom is 0.332 e. The number of hydrogen-bond donors (Lipinski definition) is 2. The van der Waals surface area contributed by atoms with E-state index in [4.69, 9.17) is 15.2 Å². The molecule has 0 saturated heterocycles. The van der Waals surface area contributed by atoms with Crippen LogP contribution in [0.3, 0.4) is 0 Å². The van der Waals surface area contributed by atoms with Crippen molar-refractivity contribution in [2.24, 2.45) is 5.73 Å². The van der Waals surface area contributed by atoms with E-state index in [1.165, 1.54) is 11.7 Å². The number of aromatic nitrogens is 4. The predicted molar refractivity (Wildman–Crippen MR) is 130 cm³/mol. The van der Waals surface area contributed by atoms with Gasteiger partial charge in [-0.2, -0.15) is 0 Å². The zero-order valence-corrected chi connectivity index (χ0v) is 19.8. The summed E-state index contributed by atoms with van der Waals surface area (Å²) in [6.45, 7) is 8.70. The lowest BCUT2D eigenvalue weighted by Crippen LogP contribution is -2.16. The largest absolute Gasteiger partial charge is 0.493 e. The molecule has 0 fully saturated rings. The Morgan fingerprint density at radius 1 is 1.09 bits per heavy atom. The summed E-state index contributed by atoms with van der Waals surface area (Å²) in [4.78, 5) is 36.8. The number of nitrogens with one attached hydrogen (secondary N) is 1. The maximum atomic E-state index is 12.9. The summed E-state index contributed by atoms with van der Waals surface area (Å²) >= 11 is 0. The van der Waals surface area contributed by atoms with Crippen molar-refractivity contribution < 1.29 is 14.3 Å². The average Bonchev–Trinajstić information content (AvgIpc) is 3.13. The quantitative estimate of drug-likeness (QED) is 0.452. The predicted octanol–water partition coefficient (Wildman–Crippen LogP) is 3.58. The SMILES string of the molecule is CCOc1ccc(-c2nc(C(N)=O)c3[nH]c(=O)n(-c4ccc(C(C)(C)C)cc4)c3n2)cc1OC. The number of ether oxygens (including phenoxy) is 2. The molecule has 9 nitrogen and oxygen atoms in total. The summed E-state index contributed by atoms with van der Waals surface area (Å²) in [5.74, 6) is 0.514. The van der Waals surface area contributed by atoms with Crippen molar-refractivity contribution in [2.75, 3.05) is 13.7 Å². The Labute approximate surface area is 196 Å². The summed E-state index contributed by atoms with van der Waals surface area (Å²) in [5.41, 5.74) is 7.78. The number of rotatable bonds is 6. The molecule has 1 amide bonds. The second-order valence-electron chi connectivity index (χ2n) is 8.82. The van der Waals surface area contributed by atoms with Gasteiger partial charge in [-0.05, 0) is 48.2 Å². The van der Waals surface area contributed by atoms with E-state index in [0.29, 0.717) is 29.4 Å². The molecule has 2 aromatic heterocycles. The molecule has 4 aromatic rings. The molecule has 0 aliphatic heterocycles. The highest BCUT2D eigenvalue weighted by atomic mass is 16.5. The van der Waals surface area contributed by atoms with Crippen molar-refractivity contribution in [3.05, 3.63) is 64.2 Å². The smallest absolute Gasteiger partial charge is 0.332 e. The molecule has 0 aliphatic rings. The minimum absolute atomic E-state index is 0.0368. The van der Waals surface area contributed by atoms with Crippen LogP contribution in [0.4, 0.5) is 0 Å². The van der Waals surface area contributed by atoms with Gasteiger partial charge in [-0.3, -0.25) is 4.79 Å². The summed E-state index contributed by atoms with van der Waals surface area (Å²) in [5, 5.41) is 0. The van der Waals surface area contributed by atoms with Crippen LogP contribution in [0.15, 0.2) is 47.3 Å². The van der Waals surface area contributed by atoms with E-state index in [1.54, 1.807) is 18.2 Å². The number of carbonyl (C=O) groups excluding carboxylic acids is 1. The summed E-state index contributed by atoms with van der Waals surface area (Å²) in [6.07, 6.45) is 0. The molecule has 2 heterocycles. The van der Waals surface area contributed by atoms with Gasteiger partial charge < -0.3 is 20.2 Å². The Morgan fingerprint density at radius 3 is 2.38 bits per heavy atom. The van der Waals surface area contributed by atoms with Gasteiger partial charge in [0.1, 0.15) is 5.52 Å². The van der Waals surface area contributed by atoms with Gasteiger partial charge in [-0.15, -0.1) is 0 Å². The Balaban J connectivity index is 1.93. The Kier molecular flexibility index (Phi) is 5.87. The molecule has 0 saturated carbocycles. The normalized spacial score (nSPS) is 11.6. The number of amides is 1. The summed E-state index contributed by atoms with van der Waals surface area (Å²) < 4.78 is 12.4. The van der Waals surface area contributed by atoms with Crippen LogP contribution in [0.1, 0.15) is 43.7 Å². The first-order valence-corrected chi connectivity index (χ1v) is 10.9. The van der Waals surface area contributed by atoms with Crippen LogP contribution in [0, 0.1) is 0 Å². The van der Waals surface area contributed by atoms with Gasteiger partial charge in [0.05, 0.1) is 19.4 Å². The van der Waals surface area contributed by atoms with Gasteiger partial charge >= 0.3 is 5.69 Å². The van der Waals surface area contributed by atoms with Gasteiger partial charge in [-0.25, -0.2) is 19.3 Å². The van der Waals surface area contributed by atoms with Crippen molar-refractivity contribution >= 4 is 17.1 Å². The van der Waals surface area contributed by atoms with Crippen LogP contribution in [-0.4, -0.2) is 39.1 Å². The number of fused-ring (bicyclic) bond motifs is 1. The minimum atomic E-state index is -0.775. The number of benzene rings is 2. The molecule has 0 radical (unpaired) electrons. The third kappa shape index (κ3) is 4.12. The highest BCUT2D eigenvalue weighted by Crippen LogP contribution is 2.32. The fourth-order valence-corrected chi connectivity index (χ4v) is 3.72. The molecule has 0 aliphatic carbocycles. The number of carbonyl (C=O) groups is 1. The zero-order valence-electron chi connectivity index (χ0n) is 19.8. The third-order valence-electron chi connectivity index (χ3n) is 5.48. The van der Waals surface area contributed by atoms with Gasteiger partial charge in [-0.1, -0.05) is 32.9 Å². The van der Waals surface area contributed by atoms with Crippen LogP contribution in [0.5, 0.6) is 11.5 Å². The zero-order chi connectivity index (χ0) is 24.6. The number of primary amides is 1. The van der Waals surface area contributed by atoms with E-state index in [0.717, 1.165) is 5.56 Å². The van der Waals surface area contributed by atoms with Crippen molar-refractivity contribution in [1.82, 2.24) is 19.5 Å². The Morgan fingerprint density at radius 2 is 1.79 bits per heavy atom. The third-order valence-corrected chi connectivity index (χ3v) is 5.48. The van der Waals surface area contributed by atoms with Crippen LogP contribution in [-0.2, 0) is 5.41 Å². The standard InChI is InChI=1S/C25H27N5O4/c1-6-34-17-12-7-14(13-18(17)33-5)22-27-19(21(26)31)20-23(29-22)30(24(32)28-20)16-10-8-15(9-11-16)25(2,3)4/h7-13H,6H2,1-5H3,(H2,26,31)(H,28,32). The van der Waals surface area contributed by atoms with Crippen LogP contribution in [0.2, 0.25) is 0 Å². The molecule has 176 valence electrons. The number of nitrogens with two attached hydrogens (primary N) is 1. The molecule has 0 bridgehead atoms. The molecular weight excluding hydrogens is 434 g/mol. The second kappa shape index (κ2) is 8.66. The fourth-order valence-electron chi connectivity index (χ4n) is 3.72. The fraction of sp³-hybridized carbons (Fsp3) is 0.280. The van der Waals surface area contributed by atoms with Gasteiger partial charge in [0, 0.05) is 5.56 Å². The Bertz CT molecular complexity index is 1430. The lowest BCUT2D eigenvalue weighted by Gasteiger charge is -2.19. The second-order valence-corrected chi connectivity index (χ2v) is 8.82. The molecule has 0 atom stereocenters. The topological polar surface area (TPSA) is 125 Å². The molecule has 34 heavy (non-hydrogen) atoms. The van der Waals surface area contributed by atoms with Crippen molar-refractivity contribution in [2.45, 2.75) is 33.1 Å². The highest BCUT2D eigenvalue weighted by Gasteiger charge is 2.21. The van der Waals surface area contributed by atoms with E-state index in [1.807, 2.05) is 31.2 Å². The number of aromatic amines is 1. The van der Waals surface area contributed by atoms with E-state index in [9.17, 15) is 9.59 Å². The van der Waals surface area contributed by atoms with Gasteiger partial charge in [0.15, 0.2) is 28.7 Å². The Hall–Kier alpha value is -4.14. The lowest BCUT2D eigenvalue weighted by molar-refractivity contribution is 0.0997. The summed E-state index contributed by atoms with van der Waals surface area (Å²) in [7, 11) is 1.53. The number of hydrogen-bond acceptors (Lipinski definition) is 6.